The lowest BCUT2D eigenvalue weighted by Gasteiger charge is -2.20. The van der Waals surface area contributed by atoms with Crippen LogP contribution in [-0.4, -0.2) is 60.9 Å². The summed E-state index contributed by atoms with van der Waals surface area (Å²) in [6.07, 6.45) is 5.03. The third-order valence-corrected chi connectivity index (χ3v) is 5.45. The highest BCUT2D eigenvalue weighted by Crippen LogP contribution is 2.22. The zero-order valence-corrected chi connectivity index (χ0v) is 18.4. The van der Waals surface area contributed by atoms with E-state index in [0.717, 1.165) is 22.2 Å². The number of nitrogens with zero attached hydrogens (tertiary/aromatic N) is 5. The Hall–Kier alpha value is -3.40. The first-order valence-electron chi connectivity index (χ1n) is 10.8. The molecule has 0 saturated heterocycles. The van der Waals surface area contributed by atoms with Crippen molar-refractivity contribution >= 4 is 16.9 Å². The second-order valence-electron chi connectivity index (χ2n) is 7.84. The molecule has 0 aliphatic carbocycles. The van der Waals surface area contributed by atoms with E-state index in [4.69, 9.17) is 4.98 Å². The van der Waals surface area contributed by atoms with Gasteiger partial charge in [-0.1, -0.05) is 18.2 Å². The van der Waals surface area contributed by atoms with E-state index < -0.39 is 0 Å². The van der Waals surface area contributed by atoms with E-state index in [-0.39, 0.29) is 25.1 Å². The monoisotopic (exact) mass is 450 g/mol. The summed E-state index contributed by atoms with van der Waals surface area (Å²) in [6.45, 7) is 3.63. The Kier molecular flexibility index (Phi) is 7.23. The number of hydrogen-bond acceptors (Lipinski definition) is 7. The van der Waals surface area contributed by atoms with E-state index >= 15 is 0 Å². The second-order valence-corrected chi connectivity index (χ2v) is 7.84. The van der Waals surface area contributed by atoms with Crippen LogP contribution in [0.25, 0.3) is 16.9 Å². The number of nitrogens with one attached hydrogen (secondary N) is 1. The zero-order valence-electron chi connectivity index (χ0n) is 18.4. The van der Waals surface area contributed by atoms with Gasteiger partial charge in [-0.15, -0.1) is 0 Å². The summed E-state index contributed by atoms with van der Waals surface area (Å²) in [4.78, 5) is 15.5. The van der Waals surface area contributed by atoms with Crippen LogP contribution in [0.1, 0.15) is 24.1 Å². The van der Waals surface area contributed by atoms with E-state index in [2.05, 4.69) is 15.3 Å². The van der Waals surface area contributed by atoms with Crippen molar-refractivity contribution in [2.75, 3.05) is 31.6 Å². The molecule has 4 rings (SSSR count). The predicted octanol–water partition coefficient (Wildman–Crippen LogP) is 2.91. The number of halogens is 1. The maximum Gasteiger partial charge on any atom is 0.159 e. The van der Waals surface area contributed by atoms with Gasteiger partial charge in [0.05, 0.1) is 36.6 Å². The van der Waals surface area contributed by atoms with Crippen molar-refractivity contribution in [1.82, 2.24) is 24.4 Å². The normalized spacial score (nSPS) is 12.4. The fraction of sp³-hybridized carbons (Fsp3) is 0.292. The summed E-state index contributed by atoms with van der Waals surface area (Å²) in [6, 6.07) is 12.3. The summed E-state index contributed by atoms with van der Waals surface area (Å²) in [7, 11) is 0. The van der Waals surface area contributed by atoms with Gasteiger partial charge >= 0.3 is 0 Å². The highest BCUT2D eigenvalue weighted by atomic mass is 19.1. The highest BCUT2D eigenvalue weighted by Gasteiger charge is 2.12. The Balaban J connectivity index is 1.57. The lowest BCUT2D eigenvalue weighted by atomic mass is 10.1. The molecule has 33 heavy (non-hydrogen) atoms. The molecule has 2 aromatic carbocycles. The van der Waals surface area contributed by atoms with Crippen LogP contribution in [0.15, 0.2) is 61.2 Å². The molecule has 8 nitrogen and oxygen atoms in total. The standard InChI is InChI=1S/C24H27FN6O2/c1-17(19-3-5-20(25)6-4-19)28-23-13-26-14-24(29-23)31-16-27-21-7-2-18(12-22(21)31)15-30(8-10-32)9-11-33/h2-7,12-14,16-17,32-33H,8-11,15H2,1H3,(H,28,29)/t17-/m0/s1. The number of aromatic nitrogens is 4. The third-order valence-electron chi connectivity index (χ3n) is 5.45. The van der Waals surface area contributed by atoms with Gasteiger partial charge in [0.1, 0.15) is 18.0 Å². The molecule has 9 heteroatoms. The van der Waals surface area contributed by atoms with Crippen LogP contribution in [0.2, 0.25) is 0 Å². The van der Waals surface area contributed by atoms with Crippen LogP contribution in [0.4, 0.5) is 10.2 Å². The van der Waals surface area contributed by atoms with Gasteiger partial charge in [-0.05, 0) is 42.3 Å². The number of anilines is 1. The molecule has 172 valence electrons. The number of fused-ring (bicyclic) bond motifs is 1. The molecule has 0 aliphatic rings. The molecule has 0 amide bonds. The van der Waals surface area contributed by atoms with E-state index in [1.807, 2.05) is 34.6 Å². The van der Waals surface area contributed by atoms with Gasteiger partial charge in [0.15, 0.2) is 5.82 Å². The summed E-state index contributed by atoms with van der Waals surface area (Å²) < 4.78 is 15.1. The molecule has 4 aromatic rings. The Morgan fingerprint density at radius 3 is 2.55 bits per heavy atom. The minimum absolute atomic E-state index is 0.0336. The average Bonchev–Trinajstić information content (AvgIpc) is 3.23. The van der Waals surface area contributed by atoms with E-state index in [1.54, 1.807) is 30.9 Å². The minimum Gasteiger partial charge on any atom is -0.395 e. The van der Waals surface area contributed by atoms with Gasteiger partial charge in [0.2, 0.25) is 0 Å². The molecule has 0 spiro atoms. The van der Waals surface area contributed by atoms with Gasteiger partial charge in [-0.2, -0.15) is 0 Å². The maximum absolute atomic E-state index is 13.2. The maximum atomic E-state index is 13.2. The topological polar surface area (TPSA) is 99.3 Å². The summed E-state index contributed by atoms with van der Waals surface area (Å²) in [5.74, 6) is 0.947. The van der Waals surface area contributed by atoms with Crippen LogP contribution >= 0.6 is 0 Å². The van der Waals surface area contributed by atoms with Crippen LogP contribution in [-0.2, 0) is 6.54 Å². The van der Waals surface area contributed by atoms with E-state index in [1.165, 1.54) is 12.1 Å². The molecule has 1 atom stereocenters. The molecule has 0 saturated carbocycles. The smallest absolute Gasteiger partial charge is 0.159 e. The van der Waals surface area contributed by atoms with Crippen molar-refractivity contribution in [1.29, 1.82) is 0 Å². The van der Waals surface area contributed by atoms with Gasteiger partial charge in [0, 0.05) is 25.7 Å². The quantitative estimate of drug-likeness (QED) is 0.342. The van der Waals surface area contributed by atoms with Gasteiger partial charge < -0.3 is 15.5 Å². The molecule has 3 N–H and O–H groups in total. The predicted molar refractivity (Wildman–Crippen MR) is 125 cm³/mol. The number of imidazole rings is 1. The summed E-state index contributed by atoms with van der Waals surface area (Å²) in [5.41, 5.74) is 3.70. The van der Waals surface area contributed by atoms with E-state index in [0.29, 0.717) is 31.3 Å². The SMILES string of the molecule is C[C@H](Nc1cncc(-n2cnc3ccc(CN(CCO)CCO)cc32)n1)c1ccc(F)cc1. The lowest BCUT2D eigenvalue weighted by molar-refractivity contribution is 0.156. The number of rotatable bonds is 10. The molecular weight excluding hydrogens is 423 g/mol. The van der Waals surface area contributed by atoms with Crippen molar-refractivity contribution in [2.24, 2.45) is 0 Å². The van der Waals surface area contributed by atoms with Crippen molar-refractivity contribution in [3.63, 3.8) is 0 Å². The minimum atomic E-state index is -0.269. The zero-order chi connectivity index (χ0) is 23.2. The first-order chi connectivity index (χ1) is 16.1. The number of benzene rings is 2. The van der Waals surface area contributed by atoms with Crippen molar-refractivity contribution in [3.05, 3.63) is 78.1 Å². The fourth-order valence-corrected chi connectivity index (χ4v) is 3.74. The Morgan fingerprint density at radius 1 is 1.06 bits per heavy atom. The van der Waals surface area contributed by atoms with Crippen molar-refractivity contribution in [2.45, 2.75) is 19.5 Å². The fourth-order valence-electron chi connectivity index (χ4n) is 3.74. The molecule has 2 aromatic heterocycles. The van der Waals surface area contributed by atoms with Crippen LogP contribution in [0.3, 0.4) is 0 Å². The van der Waals surface area contributed by atoms with Gasteiger partial charge in [-0.3, -0.25) is 14.5 Å². The van der Waals surface area contributed by atoms with Crippen molar-refractivity contribution < 1.29 is 14.6 Å². The molecular formula is C24H27FN6O2. The van der Waals surface area contributed by atoms with Crippen LogP contribution in [0, 0.1) is 5.82 Å². The Morgan fingerprint density at radius 2 is 1.82 bits per heavy atom. The molecule has 0 radical (unpaired) electrons. The highest BCUT2D eigenvalue weighted by molar-refractivity contribution is 5.77. The number of aliphatic hydroxyl groups excluding tert-OH is 2. The van der Waals surface area contributed by atoms with Gasteiger partial charge in [-0.25, -0.2) is 14.4 Å². The lowest BCUT2D eigenvalue weighted by Crippen LogP contribution is -2.29. The van der Waals surface area contributed by atoms with E-state index in [9.17, 15) is 14.6 Å². The van der Waals surface area contributed by atoms with Gasteiger partial charge in [0.25, 0.3) is 0 Å². The van der Waals surface area contributed by atoms with Crippen molar-refractivity contribution in [3.8, 4) is 5.82 Å². The molecule has 0 bridgehead atoms. The Bertz CT molecular complexity index is 1190. The largest absolute Gasteiger partial charge is 0.395 e. The average molecular weight is 451 g/mol. The molecule has 0 fully saturated rings. The summed E-state index contributed by atoms with van der Waals surface area (Å²) in [5, 5.41) is 21.9. The van der Waals surface area contributed by atoms with Crippen LogP contribution < -0.4 is 5.32 Å². The Labute approximate surface area is 191 Å². The number of aliphatic hydroxyl groups is 2. The van der Waals surface area contributed by atoms with Crippen LogP contribution in [0.5, 0.6) is 0 Å². The first-order valence-corrected chi connectivity index (χ1v) is 10.8. The number of hydrogen-bond donors (Lipinski definition) is 3. The third kappa shape index (κ3) is 5.51. The molecule has 0 unspecified atom stereocenters. The second kappa shape index (κ2) is 10.5. The molecule has 2 heterocycles. The first kappa shape index (κ1) is 22.8. The summed E-state index contributed by atoms with van der Waals surface area (Å²) >= 11 is 0. The molecule has 0 aliphatic heterocycles.